The van der Waals surface area contributed by atoms with Gasteiger partial charge in [0.25, 0.3) is 5.91 Å². The fraction of sp³-hybridized carbons (Fsp3) is 0.318. The molecule has 0 radical (unpaired) electrons. The maximum Gasteiger partial charge on any atom is 0.325 e. The number of amides is 4. The zero-order valence-corrected chi connectivity index (χ0v) is 17.1. The highest BCUT2D eigenvalue weighted by Crippen LogP contribution is 2.36. The Morgan fingerprint density at radius 1 is 1.13 bits per heavy atom. The Hall–Kier alpha value is -3.55. The quantitative estimate of drug-likeness (QED) is 0.757. The van der Waals surface area contributed by atoms with Crippen molar-refractivity contribution in [1.29, 1.82) is 0 Å². The SMILES string of the molecule is Cc1cccc(NC(=O)CN2C(=O)N[C@@](C)(c3ccc4c(c3)OCCO4)C2=O)c1C. The van der Waals surface area contributed by atoms with Gasteiger partial charge in [-0.05, 0) is 55.7 Å². The second kappa shape index (κ2) is 7.37. The van der Waals surface area contributed by atoms with E-state index in [-0.39, 0.29) is 6.54 Å². The third-order valence-electron chi connectivity index (χ3n) is 5.57. The highest BCUT2D eigenvalue weighted by Gasteiger charge is 2.49. The van der Waals surface area contributed by atoms with Crippen LogP contribution in [0.1, 0.15) is 23.6 Å². The third-order valence-corrected chi connectivity index (χ3v) is 5.57. The number of rotatable bonds is 4. The monoisotopic (exact) mass is 409 g/mol. The van der Waals surface area contributed by atoms with Gasteiger partial charge in [-0.3, -0.25) is 14.5 Å². The molecule has 0 unspecified atom stereocenters. The molecular formula is C22H23N3O5. The van der Waals surface area contributed by atoms with E-state index in [9.17, 15) is 14.4 Å². The summed E-state index contributed by atoms with van der Waals surface area (Å²) < 4.78 is 11.1. The average molecular weight is 409 g/mol. The summed E-state index contributed by atoms with van der Waals surface area (Å²) in [6, 6.07) is 10.1. The molecule has 4 rings (SSSR count). The lowest BCUT2D eigenvalue weighted by molar-refractivity contribution is -0.133. The average Bonchev–Trinajstić information content (AvgIpc) is 2.95. The van der Waals surface area contributed by atoms with Crippen LogP contribution in [0.3, 0.4) is 0 Å². The van der Waals surface area contributed by atoms with Crippen LogP contribution in [0.5, 0.6) is 11.5 Å². The van der Waals surface area contributed by atoms with E-state index in [0.29, 0.717) is 36.0 Å². The summed E-state index contributed by atoms with van der Waals surface area (Å²) in [6.07, 6.45) is 0. The zero-order chi connectivity index (χ0) is 21.5. The molecule has 8 nitrogen and oxygen atoms in total. The number of aryl methyl sites for hydroxylation is 1. The summed E-state index contributed by atoms with van der Waals surface area (Å²) in [6.45, 7) is 5.96. The van der Waals surface area contributed by atoms with Crippen LogP contribution in [0, 0.1) is 13.8 Å². The van der Waals surface area contributed by atoms with Crippen molar-refractivity contribution in [3.8, 4) is 11.5 Å². The normalized spacial score (nSPS) is 20.2. The molecule has 156 valence electrons. The molecule has 2 N–H and O–H groups in total. The fourth-order valence-corrected chi connectivity index (χ4v) is 3.61. The highest BCUT2D eigenvalue weighted by molar-refractivity contribution is 6.10. The van der Waals surface area contributed by atoms with Gasteiger partial charge in [0.15, 0.2) is 11.5 Å². The number of imide groups is 1. The fourth-order valence-electron chi connectivity index (χ4n) is 3.61. The van der Waals surface area contributed by atoms with E-state index in [1.54, 1.807) is 31.2 Å². The van der Waals surface area contributed by atoms with Crippen molar-refractivity contribution in [3.05, 3.63) is 53.1 Å². The first-order valence-electron chi connectivity index (χ1n) is 9.70. The van der Waals surface area contributed by atoms with Crippen molar-refractivity contribution in [3.63, 3.8) is 0 Å². The topological polar surface area (TPSA) is 97.0 Å². The smallest absolute Gasteiger partial charge is 0.325 e. The van der Waals surface area contributed by atoms with E-state index < -0.39 is 23.4 Å². The summed E-state index contributed by atoms with van der Waals surface area (Å²) >= 11 is 0. The second-order valence-corrected chi connectivity index (χ2v) is 7.60. The minimum Gasteiger partial charge on any atom is -0.486 e. The number of anilines is 1. The lowest BCUT2D eigenvalue weighted by atomic mass is 9.91. The van der Waals surface area contributed by atoms with Gasteiger partial charge in [-0.2, -0.15) is 0 Å². The molecule has 0 aromatic heterocycles. The van der Waals surface area contributed by atoms with Crippen LogP contribution in [0.4, 0.5) is 10.5 Å². The van der Waals surface area contributed by atoms with Crippen LogP contribution in [-0.4, -0.2) is 42.5 Å². The Morgan fingerprint density at radius 2 is 1.87 bits per heavy atom. The first-order chi connectivity index (χ1) is 14.3. The number of fused-ring (bicyclic) bond motifs is 1. The molecule has 2 aromatic carbocycles. The first kappa shape index (κ1) is 19.8. The van der Waals surface area contributed by atoms with Crippen molar-refractivity contribution in [1.82, 2.24) is 10.2 Å². The van der Waals surface area contributed by atoms with Crippen molar-refractivity contribution < 1.29 is 23.9 Å². The Morgan fingerprint density at radius 3 is 2.63 bits per heavy atom. The van der Waals surface area contributed by atoms with Crippen molar-refractivity contribution in [2.75, 3.05) is 25.1 Å². The van der Waals surface area contributed by atoms with Crippen LogP contribution in [0.15, 0.2) is 36.4 Å². The Labute approximate surface area is 174 Å². The molecule has 1 fully saturated rings. The maximum atomic E-state index is 13.1. The summed E-state index contributed by atoms with van der Waals surface area (Å²) in [7, 11) is 0. The van der Waals surface area contributed by atoms with Crippen LogP contribution in [0.2, 0.25) is 0 Å². The number of nitrogens with zero attached hydrogens (tertiary/aromatic N) is 1. The number of hydrogen-bond donors (Lipinski definition) is 2. The van der Waals surface area contributed by atoms with Gasteiger partial charge >= 0.3 is 6.03 Å². The molecule has 2 heterocycles. The van der Waals surface area contributed by atoms with Crippen molar-refractivity contribution in [2.24, 2.45) is 0 Å². The van der Waals surface area contributed by atoms with Crippen molar-refractivity contribution in [2.45, 2.75) is 26.3 Å². The molecule has 2 aliphatic rings. The number of carbonyl (C=O) groups excluding carboxylic acids is 3. The predicted molar refractivity (Wildman–Crippen MR) is 110 cm³/mol. The molecule has 0 saturated carbocycles. The van der Waals surface area contributed by atoms with Crippen LogP contribution in [-0.2, 0) is 15.1 Å². The molecule has 2 aliphatic heterocycles. The molecule has 8 heteroatoms. The number of nitrogens with one attached hydrogen (secondary N) is 2. The van der Waals surface area contributed by atoms with Gasteiger partial charge in [-0.15, -0.1) is 0 Å². The van der Waals surface area contributed by atoms with E-state index in [2.05, 4.69) is 10.6 Å². The molecular weight excluding hydrogens is 386 g/mol. The summed E-state index contributed by atoms with van der Waals surface area (Å²) in [5.41, 5.74) is 1.88. The molecule has 4 amide bonds. The van der Waals surface area contributed by atoms with Gasteiger partial charge in [0.05, 0.1) is 0 Å². The third kappa shape index (κ3) is 3.34. The van der Waals surface area contributed by atoms with E-state index in [4.69, 9.17) is 9.47 Å². The summed E-state index contributed by atoms with van der Waals surface area (Å²) in [4.78, 5) is 39.1. The van der Waals surface area contributed by atoms with E-state index in [0.717, 1.165) is 16.0 Å². The summed E-state index contributed by atoms with van der Waals surface area (Å²) in [5, 5.41) is 5.48. The number of urea groups is 1. The molecule has 1 atom stereocenters. The van der Waals surface area contributed by atoms with Crippen LogP contribution >= 0.6 is 0 Å². The highest BCUT2D eigenvalue weighted by atomic mass is 16.6. The molecule has 1 saturated heterocycles. The summed E-state index contributed by atoms with van der Waals surface area (Å²) in [5.74, 6) is 0.169. The van der Waals surface area contributed by atoms with E-state index in [1.807, 2.05) is 26.0 Å². The number of benzene rings is 2. The Balaban J connectivity index is 1.52. The van der Waals surface area contributed by atoms with Crippen molar-refractivity contribution >= 4 is 23.5 Å². The van der Waals surface area contributed by atoms with Gasteiger partial charge in [-0.25, -0.2) is 4.79 Å². The largest absolute Gasteiger partial charge is 0.486 e. The molecule has 0 spiro atoms. The van der Waals surface area contributed by atoms with Gasteiger partial charge in [0.2, 0.25) is 5.91 Å². The minimum absolute atomic E-state index is 0.377. The standard InChI is InChI=1S/C22H23N3O5/c1-13-5-4-6-16(14(13)2)23-19(26)12-25-20(27)22(3,24-21(25)28)15-7-8-17-18(11-15)30-10-9-29-17/h4-8,11H,9-10,12H2,1-3H3,(H,23,26)(H,24,28)/t22-/m0/s1. The molecule has 30 heavy (non-hydrogen) atoms. The lowest BCUT2D eigenvalue weighted by Gasteiger charge is -2.25. The van der Waals surface area contributed by atoms with Gasteiger partial charge in [-0.1, -0.05) is 18.2 Å². The van der Waals surface area contributed by atoms with Gasteiger partial charge in [0.1, 0.15) is 25.3 Å². The molecule has 2 aromatic rings. The molecule has 0 bridgehead atoms. The van der Waals surface area contributed by atoms with Gasteiger partial charge in [0, 0.05) is 5.69 Å². The first-order valence-corrected chi connectivity index (χ1v) is 9.70. The van der Waals surface area contributed by atoms with E-state index in [1.165, 1.54) is 0 Å². The number of carbonyl (C=O) groups is 3. The van der Waals surface area contributed by atoms with Gasteiger partial charge < -0.3 is 20.1 Å². The number of hydrogen-bond acceptors (Lipinski definition) is 5. The Kier molecular flexibility index (Phi) is 4.85. The number of ether oxygens (including phenoxy) is 2. The Bertz CT molecular complexity index is 1050. The van der Waals surface area contributed by atoms with Crippen LogP contribution in [0.25, 0.3) is 0 Å². The van der Waals surface area contributed by atoms with E-state index >= 15 is 0 Å². The molecule has 0 aliphatic carbocycles. The second-order valence-electron chi connectivity index (χ2n) is 7.60. The predicted octanol–water partition coefficient (Wildman–Crippen LogP) is 2.48. The minimum atomic E-state index is -1.30. The van der Waals surface area contributed by atoms with Crippen LogP contribution < -0.4 is 20.1 Å². The maximum absolute atomic E-state index is 13.1. The lowest BCUT2D eigenvalue weighted by Crippen LogP contribution is -2.42. The zero-order valence-electron chi connectivity index (χ0n) is 17.1.